The topological polar surface area (TPSA) is 60.9 Å². The fourth-order valence-corrected chi connectivity index (χ4v) is 4.27. The predicted molar refractivity (Wildman–Crippen MR) is 113 cm³/mol. The van der Waals surface area contributed by atoms with Crippen LogP contribution in [0.1, 0.15) is 26.3 Å². The summed E-state index contributed by atoms with van der Waals surface area (Å²) in [4.78, 5) is 42.6. The maximum atomic E-state index is 14.1. The molecule has 0 radical (unpaired) electrons. The van der Waals surface area contributed by atoms with E-state index in [2.05, 4.69) is 20.8 Å². The molecule has 4 rings (SSSR count). The first-order chi connectivity index (χ1) is 14.5. The summed E-state index contributed by atoms with van der Waals surface area (Å²) in [5.74, 6) is -1.00. The van der Waals surface area contributed by atoms with Crippen molar-refractivity contribution in [1.82, 2.24) is 14.7 Å². The zero-order valence-electron chi connectivity index (χ0n) is 16.3. The first-order valence-corrected chi connectivity index (χ1v) is 10.6. The molecule has 0 bridgehead atoms. The Morgan fingerprint density at radius 2 is 1.53 bits per heavy atom. The molecule has 2 aromatic carbocycles. The Labute approximate surface area is 182 Å². The van der Waals surface area contributed by atoms with Gasteiger partial charge in [-0.15, -0.1) is 0 Å². The van der Waals surface area contributed by atoms with Gasteiger partial charge in [0.2, 0.25) is 5.91 Å². The van der Waals surface area contributed by atoms with Crippen LogP contribution in [0.2, 0.25) is 0 Å². The molecule has 0 spiro atoms. The highest BCUT2D eigenvalue weighted by Crippen LogP contribution is 2.22. The fourth-order valence-electron chi connectivity index (χ4n) is 3.86. The lowest BCUT2D eigenvalue weighted by Crippen LogP contribution is -2.51. The average molecular weight is 474 g/mol. The van der Waals surface area contributed by atoms with Crippen LogP contribution in [0.25, 0.3) is 0 Å². The molecule has 2 heterocycles. The van der Waals surface area contributed by atoms with E-state index in [0.717, 1.165) is 0 Å². The second kappa shape index (κ2) is 8.65. The third kappa shape index (κ3) is 4.02. The molecule has 1 saturated heterocycles. The number of piperazine rings is 1. The van der Waals surface area contributed by atoms with Gasteiger partial charge in [-0.1, -0.05) is 24.3 Å². The van der Waals surface area contributed by atoms with E-state index in [1.165, 1.54) is 4.90 Å². The summed E-state index contributed by atoms with van der Waals surface area (Å²) in [5, 5.41) is 0. The maximum Gasteiger partial charge on any atom is 0.261 e. The number of nitrogens with zero attached hydrogens (tertiary/aromatic N) is 3. The van der Waals surface area contributed by atoms with Crippen LogP contribution >= 0.6 is 15.9 Å². The van der Waals surface area contributed by atoms with Gasteiger partial charge in [-0.05, 0) is 39.7 Å². The molecule has 2 aliphatic rings. The van der Waals surface area contributed by atoms with Crippen molar-refractivity contribution in [3.05, 3.63) is 69.4 Å². The van der Waals surface area contributed by atoms with E-state index in [1.807, 2.05) is 0 Å². The molecule has 0 atom stereocenters. The molecule has 2 aliphatic heterocycles. The van der Waals surface area contributed by atoms with Crippen LogP contribution in [0.15, 0.2) is 46.9 Å². The average Bonchev–Trinajstić information content (AvgIpc) is 3.00. The van der Waals surface area contributed by atoms with Crippen molar-refractivity contribution in [3.8, 4) is 0 Å². The van der Waals surface area contributed by atoms with E-state index in [1.54, 1.807) is 47.4 Å². The van der Waals surface area contributed by atoms with E-state index >= 15 is 0 Å². The molecular weight excluding hydrogens is 453 g/mol. The number of hydrogen-bond acceptors (Lipinski definition) is 4. The zero-order valence-corrected chi connectivity index (χ0v) is 17.9. The molecule has 0 N–H and O–H groups in total. The highest BCUT2D eigenvalue weighted by molar-refractivity contribution is 9.10. The molecule has 156 valence electrons. The molecule has 1 fully saturated rings. The summed E-state index contributed by atoms with van der Waals surface area (Å²) in [7, 11) is 0. The SMILES string of the molecule is O=C(Cc1cccc(Br)c1F)N1CCN(CCN2C(=O)c3ccccc3C2=O)CC1. The number of amides is 3. The van der Waals surface area contributed by atoms with Gasteiger partial charge < -0.3 is 4.90 Å². The summed E-state index contributed by atoms with van der Waals surface area (Å²) in [5.41, 5.74) is 1.29. The van der Waals surface area contributed by atoms with Gasteiger partial charge in [-0.3, -0.25) is 24.2 Å². The van der Waals surface area contributed by atoms with Gasteiger partial charge in [0.25, 0.3) is 11.8 Å². The first kappa shape index (κ1) is 20.7. The Morgan fingerprint density at radius 3 is 2.17 bits per heavy atom. The van der Waals surface area contributed by atoms with Crippen LogP contribution in [-0.2, 0) is 11.2 Å². The molecule has 2 aromatic rings. The van der Waals surface area contributed by atoms with Gasteiger partial charge in [0.05, 0.1) is 22.0 Å². The van der Waals surface area contributed by atoms with Gasteiger partial charge in [-0.2, -0.15) is 0 Å². The molecule has 3 amide bonds. The lowest BCUT2D eigenvalue weighted by molar-refractivity contribution is -0.132. The summed E-state index contributed by atoms with van der Waals surface area (Å²) < 4.78 is 14.5. The molecule has 0 saturated carbocycles. The van der Waals surface area contributed by atoms with Crippen LogP contribution in [0.3, 0.4) is 0 Å². The Hall–Kier alpha value is -2.58. The second-order valence-corrected chi connectivity index (χ2v) is 8.27. The number of halogens is 2. The molecule has 0 unspecified atom stereocenters. The monoisotopic (exact) mass is 473 g/mol. The summed E-state index contributed by atoms with van der Waals surface area (Å²) >= 11 is 3.14. The molecule has 8 heteroatoms. The molecular formula is C22H21BrFN3O3. The van der Waals surface area contributed by atoms with Gasteiger partial charge in [0.1, 0.15) is 5.82 Å². The predicted octanol–water partition coefficient (Wildman–Crippen LogP) is 2.57. The largest absolute Gasteiger partial charge is 0.340 e. The van der Waals surface area contributed by atoms with Gasteiger partial charge in [0, 0.05) is 39.3 Å². The molecule has 6 nitrogen and oxygen atoms in total. The lowest BCUT2D eigenvalue weighted by Gasteiger charge is -2.35. The van der Waals surface area contributed by atoms with E-state index in [-0.39, 0.29) is 24.1 Å². The standard InChI is InChI=1S/C22H21BrFN3O3/c23-18-7-3-4-15(20(18)24)14-19(28)26-11-8-25(9-12-26)10-13-27-21(29)16-5-1-2-6-17(16)22(27)30/h1-7H,8-14H2. The first-order valence-electron chi connectivity index (χ1n) is 9.84. The highest BCUT2D eigenvalue weighted by Gasteiger charge is 2.35. The van der Waals surface area contributed by atoms with Crippen LogP contribution in [0.5, 0.6) is 0 Å². The molecule has 0 aliphatic carbocycles. The number of carbonyl (C=O) groups excluding carboxylic acids is 3. The van der Waals surface area contributed by atoms with Crippen LogP contribution in [-0.4, -0.2) is 71.7 Å². The number of fused-ring (bicyclic) bond motifs is 1. The van der Waals surface area contributed by atoms with Crippen LogP contribution in [0.4, 0.5) is 4.39 Å². The van der Waals surface area contributed by atoms with Crippen molar-refractivity contribution in [2.24, 2.45) is 0 Å². The van der Waals surface area contributed by atoms with Gasteiger partial charge >= 0.3 is 0 Å². The third-order valence-corrected chi connectivity index (χ3v) is 6.23. The Bertz CT molecular complexity index is 970. The third-order valence-electron chi connectivity index (χ3n) is 5.62. The normalized spacial score (nSPS) is 16.9. The van der Waals surface area contributed by atoms with Crippen molar-refractivity contribution in [2.45, 2.75) is 6.42 Å². The number of benzene rings is 2. The number of imide groups is 1. The number of carbonyl (C=O) groups is 3. The van der Waals surface area contributed by atoms with Gasteiger partial charge in [0.15, 0.2) is 0 Å². The lowest BCUT2D eigenvalue weighted by atomic mass is 10.1. The molecule has 0 aromatic heterocycles. The van der Waals surface area contributed by atoms with E-state index < -0.39 is 5.82 Å². The van der Waals surface area contributed by atoms with Crippen molar-refractivity contribution in [1.29, 1.82) is 0 Å². The van der Waals surface area contributed by atoms with E-state index in [4.69, 9.17) is 0 Å². The maximum absolute atomic E-state index is 14.1. The van der Waals surface area contributed by atoms with Crippen LogP contribution < -0.4 is 0 Å². The fraction of sp³-hybridized carbons (Fsp3) is 0.318. The van der Waals surface area contributed by atoms with Gasteiger partial charge in [-0.25, -0.2) is 4.39 Å². The Balaban J connectivity index is 1.27. The smallest absolute Gasteiger partial charge is 0.261 e. The Kier molecular flexibility index (Phi) is 5.97. The van der Waals surface area contributed by atoms with Crippen molar-refractivity contribution >= 4 is 33.7 Å². The summed E-state index contributed by atoms with van der Waals surface area (Å²) in [6, 6.07) is 11.8. The van der Waals surface area contributed by atoms with Crippen molar-refractivity contribution < 1.29 is 18.8 Å². The zero-order chi connectivity index (χ0) is 21.3. The minimum atomic E-state index is -0.398. The number of hydrogen-bond donors (Lipinski definition) is 0. The van der Waals surface area contributed by atoms with Crippen molar-refractivity contribution in [2.75, 3.05) is 39.3 Å². The highest BCUT2D eigenvalue weighted by atomic mass is 79.9. The van der Waals surface area contributed by atoms with Crippen molar-refractivity contribution in [3.63, 3.8) is 0 Å². The van der Waals surface area contributed by atoms with Crippen LogP contribution in [0, 0.1) is 5.82 Å². The number of rotatable bonds is 5. The molecule has 30 heavy (non-hydrogen) atoms. The summed E-state index contributed by atoms with van der Waals surface area (Å²) in [6.07, 6.45) is 0.0281. The quantitative estimate of drug-likeness (QED) is 0.626. The Morgan fingerprint density at radius 1 is 0.900 bits per heavy atom. The minimum Gasteiger partial charge on any atom is -0.340 e. The summed E-state index contributed by atoms with van der Waals surface area (Å²) in [6.45, 7) is 3.26. The van der Waals surface area contributed by atoms with E-state index in [0.29, 0.717) is 60.4 Å². The second-order valence-electron chi connectivity index (χ2n) is 7.42. The van der Waals surface area contributed by atoms with E-state index in [9.17, 15) is 18.8 Å². The minimum absolute atomic E-state index is 0.0281.